The first kappa shape index (κ1) is 12.4. The summed E-state index contributed by atoms with van der Waals surface area (Å²) in [7, 11) is 0. The highest BCUT2D eigenvalue weighted by atomic mass is 32.1. The molecular formula is C15H19NS2. The van der Waals surface area contributed by atoms with Crippen LogP contribution < -0.4 is 0 Å². The van der Waals surface area contributed by atoms with Gasteiger partial charge in [-0.25, -0.2) is 0 Å². The second-order valence-electron chi connectivity index (χ2n) is 4.86. The van der Waals surface area contributed by atoms with Crippen molar-refractivity contribution >= 4 is 22.7 Å². The van der Waals surface area contributed by atoms with Crippen LogP contribution >= 0.6 is 22.7 Å². The van der Waals surface area contributed by atoms with Crippen LogP contribution in [0, 0.1) is 0 Å². The van der Waals surface area contributed by atoms with Gasteiger partial charge in [0, 0.05) is 16.3 Å². The number of rotatable bonds is 4. The number of hydrogen-bond donors (Lipinski definition) is 0. The van der Waals surface area contributed by atoms with Crippen molar-refractivity contribution in [1.82, 2.24) is 4.90 Å². The highest BCUT2D eigenvalue weighted by Crippen LogP contribution is 2.39. The first-order chi connectivity index (χ1) is 8.90. The molecule has 1 unspecified atom stereocenters. The molecule has 3 rings (SSSR count). The van der Waals surface area contributed by atoms with Crippen LogP contribution in [0.25, 0.3) is 0 Å². The zero-order valence-corrected chi connectivity index (χ0v) is 12.4. The summed E-state index contributed by atoms with van der Waals surface area (Å²) in [5.41, 5.74) is 1.56. The fourth-order valence-corrected chi connectivity index (χ4v) is 4.53. The molecule has 0 aliphatic carbocycles. The van der Waals surface area contributed by atoms with Gasteiger partial charge >= 0.3 is 0 Å². The Morgan fingerprint density at radius 1 is 1.28 bits per heavy atom. The monoisotopic (exact) mass is 277 g/mol. The predicted octanol–water partition coefficient (Wildman–Crippen LogP) is 4.56. The smallest absolute Gasteiger partial charge is 0.0707 e. The Hall–Kier alpha value is -0.640. The summed E-state index contributed by atoms with van der Waals surface area (Å²) in [5.74, 6) is 0. The topological polar surface area (TPSA) is 3.24 Å². The fraction of sp³-hybridized carbons (Fsp3) is 0.467. The Labute approximate surface area is 117 Å². The molecule has 0 saturated heterocycles. The van der Waals surface area contributed by atoms with Crippen LogP contribution in [0.3, 0.4) is 0 Å². The molecule has 1 atom stereocenters. The zero-order valence-electron chi connectivity index (χ0n) is 10.8. The van der Waals surface area contributed by atoms with Crippen molar-refractivity contribution in [1.29, 1.82) is 0 Å². The molecule has 1 aliphatic rings. The molecule has 96 valence electrons. The highest BCUT2D eigenvalue weighted by molar-refractivity contribution is 7.10. The zero-order chi connectivity index (χ0) is 12.4. The maximum Gasteiger partial charge on any atom is 0.0707 e. The average Bonchev–Trinajstić information content (AvgIpc) is 3.06. The lowest BCUT2D eigenvalue weighted by Crippen LogP contribution is -2.35. The lowest BCUT2D eigenvalue weighted by molar-refractivity contribution is 0.214. The number of unbranched alkanes of at least 4 members (excludes halogenated alkanes) is 1. The van der Waals surface area contributed by atoms with Crippen molar-refractivity contribution < 1.29 is 0 Å². The number of thiophene rings is 2. The average molecular weight is 277 g/mol. The van der Waals surface area contributed by atoms with E-state index in [4.69, 9.17) is 0 Å². The third-order valence-corrected chi connectivity index (χ3v) is 5.60. The summed E-state index contributed by atoms with van der Waals surface area (Å²) in [5, 5.41) is 4.46. The second kappa shape index (κ2) is 5.55. The van der Waals surface area contributed by atoms with E-state index >= 15 is 0 Å². The van der Waals surface area contributed by atoms with Gasteiger partial charge in [-0.05, 0) is 47.8 Å². The predicted molar refractivity (Wildman–Crippen MR) is 80.7 cm³/mol. The van der Waals surface area contributed by atoms with Gasteiger partial charge in [0.2, 0.25) is 0 Å². The Kier molecular flexibility index (Phi) is 3.83. The van der Waals surface area contributed by atoms with Crippen molar-refractivity contribution in [2.24, 2.45) is 0 Å². The summed E-state index contributed by atoms with van der Waals surface area (Å²) < 4.78 is 0. The van der Waals surface area contributed by atoms with Gasteiger partial charge in [-0.1, -0.05) is 19.4 Å². The van der Waals surface area contributed by atoms with E-state index in [9.17, 15) is 0 Å². The fourth-order valence-electron chi connectivity index (χ4n) is 2.75. The van der Waals surface area contributed by atoms with Crippen molar-refractivity contribution in [3.63, 3.8) is 0 Å². The van der Waals surface area contributed by atoms with Crippen molar-refractivity contribution in [2.45, 2.75) is 32.2 Å². The largest absolute Gasteiger partial charge is 0.291 e. The van der Waals surface area contributed by atoms with E-state index < -0.39 is 0 Å². The third kappa shape index (κ3) is 2.27. The normalized spacial score (nSPS) is 19.9. The van der Waals surface area contributed by atoms with Gasteiger partial charge in [-0.3, -0.25) is 4.90 Å². The maximum atomic E-state index is 2.67. The van der Waals surface area contributed by atoms with E-state index in [1.807, 2.05) is 22.7 Å². The SMILES string of the molecule is CCCCN1CCc2sccc2C1c1cccs1. The molecule has 1 nitrogen and oxygen atoms in total. The van der Waals surface area contributed by atoms with Gasteiger partial charge < -0.3 is 0 Å². The molecule has 0 fully saturated rings. The Balaban J connectivity index is 1.92. The van der Waals surface area contributed by atoms with Gasteiger partial charge in [0.15, 0.2) is 0 Å². The number of nitrogens with zero attached hydrogens (tertiary/aromatic N) is 1. The van der Waals surface area contributed by atoms with Crippen molar-refractivity contribution in [3.05, 3.63) is 44.3 Å². The molecule has 0 spiro atoms. The molecule has 0 aromatic carbocycles. The lowest BCUT2D eigenvalue weighted by Gasteiger charge is -2.35. The standard InChI is InChI=1S/C15H19NS2/c1-2-3-8-16-9-6-13-12(7-11-18-13)15(16)14-5-4-10-17-14/h4-5,7,10-11,15H,2-3,6,8-9H2,1H3. The van der Waals surface area contributed by atoms with E-state index in [2.05, 4.69) is 40.8 Å². The first-order valence-electron chi connectivity index (χ1n) is 6.74. The van der Waals surface area contributed by atoms with Crippen LogP contribution in [0.1, 0.15) is 41.1 Å². The van der Waals surface area contributed by atoms with E-state index in [1.54, 1.807) is 10.4 Å². The Morgan fingerprint density at radius 2 is 2.22 bits per heavy atom. The second-order valence-corrected chi connectivity index (χ2v) is 6.84. The Morgan fingerprint density at radius 3 is 3.00 bits per heavy atom. The molecule has 1 aliphatic heterocycles. The molecule has 3 heterocycles. The quantitative estimate of drug-likeness (QED) is 0.792. The maximum absolute atomic E-state index is 2.67. The van der Waals surface area contributed by atoms with Crippen LogP contribution in [-0.4, -0.2) is 18.0 Å². The van der Waals surface area contributed by atoms with Gasteiger partial charge in [-0.2, -0.15) is 0 Å². The Bertz CT molecular complexity index is 486. The molecule has 18 heavy (non-hydrogen) atoms. The minimum Gasteiger partial charge on any atom is -0.291 e. The minimum atomic E-state index is 0.520. The molecule has 0 amide bonds. The molecule has 2 aromatic heterocycles. The number of hydrogen-bond acceptors (Lipinski definition) is 3. The summed E-state index contributed by atoms with van der Waals surface area (Å²) in [6, 6.07) is 7.33. The van der Waals surface area contributed by atoms with Crippen LogP contribution in [0.5, 0.6) is 0 Å². The first-order valence-corrected chi connectivity index (χ1v) is 8.49. The summed E-state index contributed by atoms with van der Waals surface area (Å²) in [6.07, 6.45) is 3.82. The van der Waals surface area contributed by atoms with Gasteiger partial charge in [-0.15, -0.1) is 22.7 Å². The molecule has 3 heteroatoms. The third-order valence-electron chi connectivity index (χ3n) is 3.68. The highest BCUT2D eigenvalue weighted by Gasteiger charge is 2.29. The van der Waals surface area contributed by atoms with Crippen LogP contribution in [0.4, 0.5) is 0 Å². The van der Waals surface area contributed by atoms with E-state index in [-0.39, 0.29) is 0 Å². The van der Waals surface area contributed by atoms with Crippen molar-refractivity contribution in [2.75, 3.05) is 13.1 Å². The molecule has 0 radical (unpaired) electrons. The van der Waals surface area contributed by atoms with Gasteiger partial charge in [0.25, 0.3) is 0 Å². The van der Waals surface area contributed by atoms with Crippen LogP contribution in [0.2, 0.25) is 0 Å². The van der Waals surface area contributed by atoms with Crippen LogP contribution in [0.15, 0.2) is 29.0 Å². The number of fused-ring (bicyclic) bond motifs is 1. The summed E-state index contributed by atoms with van der Waals surface area (Å²) in [4.78, 5) is 5.77. The molecule has 0 N–H and O–H groups in total. The van der Waals surface area contributed by atoms with Gasteiger partial charge in [0.1, 0.15) is 0 Å². The van der Waals surface area contributed by atoms with E-state index in [0.717, 1.165) is 0 Å². The minimum absolute atomic E-state index is 0.520. The van der Waals surface area contributed by atoms with Crippen LogP contribution in [-0.2, 0) is 6.42 Å². The summed E-state index contributed by atoms with van der Waals surface area (Å²) >= 11 is 3.83. The molecule has 2 aromatic rings. The molecule has 0 saturated carbocycles. The van der Waals surface area contributed by atoms with E-state index in [0.29, 0.717) is 6.04 Å². The van der Waals surface area contributed by atoms with Crippen molar-refractivity contribution in [3.8, 4) is 0 Å². The summed E-state index contributed by atoms with van der Waals surface area (Å²) in [6.45, 7) is 4.73. The van der Waals surface area contributed by atoms with E-state index in [1.165, 1.54) is 37.2 Å². The molecular weight excluding hydrogens is 258 g/mol. The van der Waals surface area contributed by atoms with Gasteiger partial charge in [0.05, 0.1) is 6.04 Å². The lowest BCUT2D eigenvalue weighted by atomic mass is 9.98. The molecule has 0 bridgehead atoms.